The number of hydrogen-bond donors (Lipinski definition) is 1. The molecule has 1 saturated heterocycles. The van der Waals surface area contributed by atoms with Crippen LogP contribution in [0.2, 0.25) is 0 Å². The topological polar surface area (TPSA) is 58.6 Å². The van der Waals surface area contributed by atoms with E-state index < -0.39 is 0 Å². The minimum atomic E-state index is -0.146. The number of likely N-dealkylation sites (tertiary alicyclic amines) is 1. The van der Waals surface area contributed by atoms with Crippen molar-refractivity contribution < 1.29 is 14.3 Å². The van der Waals surface area contributed by atoms with Crippen LogP contribution in [0.15, 0.2) is 18.2 Å². The molecule has 5 nitrogen and oxygen atoms in total. The van der Waals surface area contributed by atoms with E-state index >= 15 is 0 Å². The molecular formula is C15H18N2O3. The number of hydrogen-bond acceptors (Lipinski definition) is 3. The number of benzene rings is 1. The van der Waals surface area contributed by atoms with E-state index in [9.17, 15) is 9.59 Å². The van der Waals surface area contributed by atoms with Gasteiger partial charge in [-0.1, -0.05) is 0 Å². The predicted octanol–water partition coefficient (Wildman–Crippen LogP) is 1.57. The maximum atomic E-state index is 11.9. The number of ether oxygens (including phenoxy) is 1. The van der Waals surface area contributed by atoms with Crippen LogP contribution in [-0.4, -0.2) is 35.9 Å². The third-order valence-electron chi connectivity index (χ3n) is 3.69. The largest absolute Gasteiger partial charge is 0.490 e. The molecule has 2 aliphatic rings. The van der Waals surface area contributed by atoms with E-state index in [4.69, 9.17) is 4.74 Å². The van der Waals surface area contributed by atoms with Crippen LogP contribution < -0.4 is 10.1 Å². The number of rotatable bonds is 3. The standard InChI is InChI=1S/C15H18N2O3/c1-10-7-11-8-12(4-5-13(11)20-10)16-14(18)9-17-6-2-3-15(17)19/h4-5,8,10H,2-3,6-7,9H2,1H3,(H,16,18). The molecule has 1 N–H and O–H groups in total. The zero-order chi connectivity index (χ0) is 14.1. The number of anilines is 1. The highest BCUT2D eigenvalue weighted by Gasteiger charge is 2.23. The number of fused-ring (bicyclic) bond motifs is 1. The molecular weight excluding hydrogens is 256 g/mol. The number of nitrogens with zero attached hydrogens (tertiary/aromatic N) is 1. The fourth-order valence-electron chi connectivity index (χ4n) is 2.74. The number of amides is 2. The predicted molar refractivity (Wildman–Crippen MR) is 74.7 cm³/mol. The van der Waals surface area contributed by atoms with Gasteiger partial charge in [0.15, 0.2) is 0 Å². The molecule has 1 unspecified atom stereocenters. The second-order valence-electron chi connectivity index (χ2n) is 5.42. The zero-order valence-electron chi connectivity index (χ0n) is 11.5. The first-order chi connectivity index (χ1) is 9.61. The Morgan fingerprint density at radius 2 is 2.35 bits per heavy atom. The Bertz CT molecular complexity index is 556. The van der Waals surface area contributed by atoms with Crippen molar-refractivity contribution in [2.24, 2.45) is 0 Å². The molecule has 1 fully saturated rings. The van der Waals surface area contributed by atoms with E-state index in [1.165, 1.54) is 0 Å². The Balaban J connectivity index is 1.62. The fraction of sp³-hybridized carbons (Fsp3) is 0.467. The van der Waals surface area contributed by atoms with Gasteiger partial charge in [0.1, 0.15) is 11.9 Å². The minimum Gasteiger partial charge on any atom is -0.490 e. The van der Waals surface area contributed by atoms with Gasteiger partial charge in [-0.3, -0.25) is 9.59 Å². The van der Waals surface area contributed by atoms with Gasteiger partial charge >= 0.3 is 0 Å². The van der Waals surface area contributed by atoms with Gasteiger partial charge in [-0.25, -0.2) is 0 Å². The normalized spacial score (nSPS) is 20.8. The molecule has 2 amide bonds. The Morgan fingerprint density at radius 3 is 3.10 bits per heavy atom. The van der Waals surface area contributed by atoms with Gasteiger partial charge in [0.25, 0.3) is 0 Å². The summed E-state index contributed by atoms with van der Waals surface area (Å²) in [4.78, 5) is 25.0. The molecule has 1 aromatic carbocycles. The highest BCUT2D eigenvalue weighted by atomic mass is 16.5. The Morgan fingerprint density at radius 1 is 1.50 bits per heavy atom. The van der Waals surface area contributed by atoms with Gasteiger partial charge in [-0.2, -0.15) is 0 Å². The first-order valence-electron chi connectivity index (χ1n) is 6.99. The molecule has 1 aromatic rings. The van der Waals surface area contributed by atoms with Crippen LogP contribution in [0.25, 0.3) is 0 Å². The molecule has 0 aromatic heterocycles. The number of carbonyl (C=O) groups is 2. The lowest BCUT2D eigenvalue weighted by molar-refractivity contribution is -0.131. The van der Waals surface area contributed by atoms with E-state index in [1.807, 2.05) is 25.1 Å². The maximum absolute atomic E-state index is 11.9. The third-order valence-corrected chi connectivity index (χ3v) is 3.69. The Labute approximate surface area is 117 Å². The molecule has 0 radical (unpaired) electrons. The minimum absolute atomic E-state index is 0.0660. The van der Waals surface area contributed by atoms with Gasteiger partial charge in [0.05, 0.1) is 6.54 Å². The first kappa shape index (κ1) is 13.0. The molecule has 106 valence electrons. The lowest BCUT2D eigenvalue weighted by Crippen LogP contribution is -2.33. The third kappa shape index (κ3) is 2.61. The second kappa shape index (κ2) is 5.15. The summed E-state index contributed by atoms with van der Waals surface area (Å²) in [5.41, 5.74) is 1.88. The van der Waals surface area contributed by atoms with Crippen LogP contribution in [0.5, 0.6) is 5.75 Å². The van der Waals surface area contributed by atoms with Crippen molar-refractivity contribution in [3.63, 3.8) is 0 Å². The average molecular weight is 274 g/mol. The molecule has 5 heteroatoms. The van der Waals surface area contributed by atoms with Crippen molar-refractivity contribution in [3.8, 4) is 5.75 Å². The summed E-state index contributed by atoms with van der Waals surface area (Å²) in [6.45, 7) is 2.85. The fourth-order valence-corrected chi connectivity index (χ4v) is 2.74. The molecule has 0 spiro atoms. The molecule has 2 heterocycles. The smallest absolute Gasteiger partial charge is 0.243 e. The highest BCUT2D eigenvalue weighted by molar-refractivity contribution is 5.95. The van der Waals surface area contributed by atoms with Crippen molar-refractivity contribution in [2.75, 3.05) is 18.4 Å². The molecule has 2 aliphatic heterocycles. The van der Waals surface area contributed by atoms with Gasteiger partial charge in [0, 0.05) is 25.1 Å². The van der Waals surface area contributed by atoms with E-state index in [0.29, 0.717) is 13.0 Å². The Hall–Kier alpha value is -2.04. The quantitative estimate of drug-likeness (QED) is 0.910. The summed E-state index contributed by atoms with van der Waals surface area (Å²) in [6.07, 6.45) is 2.46. The second-order valence-corrected chi connectivity index (χ2v) is 5.42. The van der Waals surface area contributed by atoms with Gasteiger partial charge in [-0.05, 0) is 37.1 Å². The van der Waals surface area contributed by atoms with E-state index in [1.54, 1.807) is 4.90 Å². The van der Waals surface area contributed by atoms with Crippen LogP contribution >= 0.6 is 0 Å². The van der Waals surface area contributed by atoms with Crippen LogP contribution in [0, 0.1) is 0 Å². The lowest BCUT2D eigenvalue weighted by Gasteiger charge is -2.15. The summed E-state index contributed by atoms with van der Waals surface area (Å²) in [5, 5.41) is 2.85. The summed E-state index contributed by atoms with van der Waals surface area (Å²) in [7, 11) is 0. The maximum Gasteiger partial charge on any atom is 0.243 e. The lowest BCUT2D eigenvalue weighted by atomic mass is 10.1. The molecule has 3 rings (SSSR count). The first-order valence-corrected chi connectivity index (χ1v) is 6.99. The SMILES string of the molecule is CC1Cc2cc(NC(=O)CN3CCCC3=O)ccc2O1. The molecule has 1 atom stereocenters. The summed E-state index contributed by atoms with van der Waals surface area (Å²) in [5.74, 6) is 0.814. The van der Waals surface area contributed by atoms with Crippen molar-refractivity contribution in [2.45, 2.75) is 32.3 Å². The highest BCUT2D eigenvalue weighted by Crippen LogP contribution is 2.30. The Kier molecular flexibility index (Phi) is 3.34. The van der Waals surface area contributed by atoms with Crippen LogP contribution in [-0.2, 0) is 16.0 Å². The molecule has 20 heavy (non-hydrogen) atoms. The van der Waals surface area contributed by atoms with Crippen molar-refractivity contribution in [1.29, 1.82) is 0 Å². The number of nitrogens with one attached hydrogen (secondary N) is 1. The van der Waals surface area contributed by atoms with Crippen molar-refractivity contribution >= 4 is 17.5 Å². The van der Waals surface area contributed by atoms with Crippen molar-refractivity contribution in [3.05, 3.63) is 23.8 Å². The summed E-state index contributed by atoms with van der Waals surface area (Å²) in [6, 6.07) is 5.67. The van der Waals surface area contributed by atoms with Crippen LogP contribution in [0.1, 0.15) is 25.3 Å². The summed E-state index contributed by atoms with van der Waals surface area (Å²) >= 11 is 0. The molecule has 0 aliphatic carbocycles. The van der Waals surface area contributed by atoms with Crippen LogP contribution in [0.3, 0.4) is 0 Å². The van der Waals surface area contributed by atoms with E-state index in [0.717, 1.165) is 29.8 Å². The zero-order valence-corrected chi connectivity index (χ0v) is 11.5. The number of carbonyl (C=O) groups excluding carboxylic acids is 2. The van der Waals surface area contributed by atoms with Crippen LogP contribution in [0.4, 0.5) is 5.69 Å². The monoisotopic (exact) mass is 274 g/mol. The van der Waals surface area contributed by atoms with Gasteiger partial charge in [0.2, 0.25) is 11.8 Å². The van der Waals surface area contributed by atoms with Gasteiger partial charge < -0.3 is 15.0 Å². The molecule has 0 bridgehead atoms. The van der Waals surface area contributed by atoms with Gasteiger partial charge in [-0.15, -0.1) is 0 Å². The average Bonchev–Trinajstić information content (AvgIpc) is 2.94. The molecule has 0 saturated carbocycles. The summed E-state index contributed by atoms with van der Waals surface area (Å²) < 4.78 is 5.62. The van der Waals surface area contributed by atoms with E-state index in [-0.39, 0.29) is 24.5 Å². The van der Waals surface area contributed by atoms with Crippen molar-refractivity contribution in [1.82, 2.24) is 4.90 Å². The van der Waals surface area contributed by atoms with E-state index in [2.05, 4.69) is 5.32 Å².